The highest BCUT2D eigenvalue weighted by Crippen LogP contribution is 2.28. The summed E-state index contributed by atoms with van der Waals surface area (Å²) in [5.41, 5.74) is 1.55. The van der Waals surface area contributed by atoms with Crippen molar-refractivity contribution in [2.45, 2.75) is 32.6 Å². The van der Waals surface area contributed by atoms with Crippen molar-refractivity contribution in [3.05, 3.63) is 24.0 Å². The summed E-state index contributed by atoms with van der Waals surface area (Å²) in [7, 11) is 0. The molecule has 1 aliphatic rings. The van der Waals surface area contributed by atoms with Gasteiger partial charge in [0.1, 0.15) is 6.07 Å². The number of nitriles is 1. The van der Waals surface area contributed by atoms with E-state index in [0.29, 0.717) is 5.56 Å². The van der Waals surface area contributed by atoms with Gasteiger partial charge in [-0.05, 0) is 30.7 Å². The highest BCUT2D eigenvalue weighted by atomic mass is 14.9. The minimum Gasteiger partial charge on any atom is -0.382 e. The topological polar surface area (TPSA) is 48.7 Å². The molecule has 1 heterocycles. The molecule has 0 aromatic carbocycles. The minimum atomic E-state index is 0.684. The molecule has 17 heavy (non-hydrogen) atoms. The SMILES string of the molecule is CC1CCC(CNc2cnccc2C#N)CC1. The van der Waals surface area contributed by atoms with Crippen LogP contribution in [0.2, 0.25) is 0 Å². The van der Waals surface area contributed by atoms with Gasteiger partial charge in [0.05, 0.1) is 17.4 Å². The lowest BCUT2D eigenvalue weighted by molar-refractivity contribution is 0.300. The van der Waals surface area contributed by atoms with Crippen LogP contribution in [-0.2, 0) is 0 Å². The molecule has 0 spiro atoms. The van der Waals surface area contributed by atoms with Gasteiger partial charge in [-0.15, -0.1) is 0 Å². The van der Waals surface area contributed by atoms with E-state index in [-0.39, 0.29) is 0 Å². The van der Waals surface area contributed by atoms with Gasteiger partial charge in [0.15, 0.2) is 0 Å². The van der Waals surface area contributed by atoms with Crippen LogP contribution in [0.15, 0.2) is 18.5 Å². The van der Waals surface area contributed by atoms with E-state index >= 15 is 0 Å². The summed E-state index contributed by atoms with van der Waals surface area (Å²) in [6, 6.07) is 3.94. The van der Waals surface area contributed by atoms with E-state index in [1.54, 1.807) is 18.5 Å². The molecule has 0 bridgehead atoms. The maximum Gasteiger partial charge on any atom is 0.101 e. The predicted molar refractivity (Wildman–Crippen MR) is 68.6 cm³/mol. The Bertz CT molecular complexity index is 400. The van der Waals surface area contributed by atoms with E-state index in [4.69, 9.17) is 5.26 Å². The van der Waals surface area contributed by atoms with Gasteiger partial charge in [-0.3, -0.25) is 4.98 Å². The van der Waals surface area contributed by atoms with Crippen LogP contribution in [0, 0.1) is 23.2 Å². The number of nitrogens with zero attached hydrogens (tertiary/aromatic N) is 2. The van der Waals surface area contributed by atoms with E-state index < -0.39 is 0 Å². The lowest BCUT2D eigenvalue weighted by atomic mass is 9.83. The first-order chi connectivity index (χ1) is 8.29. The molecule has 3 heteroatoms. The van der Waals surface area contributed by atoms with E-state index in [2.05, 4.69) is 23.3 Å². The summed E-state index contributed by atoms with van der Waals surface area (Å²) in [5.74, 6) is 1.64. The molecule has 0 atom stereocenters. The predicted octanol–water partition coefficient (Wildman–Crippen LogP) is 3.19. The molecule has 1 aliphatic carbocycles. The first-order valence-electron chi connectivity index (χ1n) is 6.37. The van der Waals surface area contributed by atoms with Crippen molar-refractivity contribution in [3.63, 3.8) is 0 Å². The highest BCUT2D eigenvalue weighted by Gasteiger charge is 2.18. The third-order valence-corrected chi connectivity index (χ3v) is 3.66. The third-order valence-electron chi connectivity index (χ3n) is 3.66. The molecule has 0 aliphatic heterocycles. The van der Waals surface area contributed by atoms with E-state index in [1.807, 2.05) is 0 Å². The Hall–Kier alpha value is -1.56. The Kier molecular flexibility index (Phi) is 3.98. The molecule has 0 amide bonds. The van der Waals surface area contributed by atoms with Gasteiger partial charge in [-0.25, -0.2) is 0 Å². The highest BCUT2D eigenvalue weighted by molar-refractivity contribution is 5.55. The second-order valence-electron chi connectivity index (χ2n) is 5.04. The molecule has 0 unspecified atom stereocenters. The summed E-state index contributed by atoms with van der Waals surface area (Å²) in [5, 5.41) is 12.3. The molecule has 1 fully saturated rings. The second-order valence-corrected chi connectivity index (χ2v) is 5.04. The number of aromatic nitrogens is 1. The molecule has 0 radical (unpaired) electrons. The van der Waals surface area contributed by atoms with Crippen LogP contribution in [0.5, 0.6) is 0 Å². The fraction of sp³-hybridized carbons (Fsp3) is 0.571. The molecule has 0 saturated heterocycles. The van der Waals surface area contributed by atoms with Crippen LogP contribution in [0.4, 0.5) is 5.69 Å². The number of rotatable bonds is 3. The number of pyridine rings is 1. The normalized spacial score (nSPS) is 24.0. The molecule has 1 aromatic heterocycles. The number of hydrogen-bond donors (Lipinski definition) is 1. The molecule has 3 nitrogen and oxygen atoms in total. The average Bonchev–Trinajstić information content (AvgIpc) is 2.38. The monoisotopic (exact) mass is 229 g/mol. The molecule has 1 saturated carbocycles. The quantitative estimate of drug-likeness (QED) is 0.866. The van der Waals surface area contributed by atoms with Crippen molar-refractivity contribution < 1.29 is 0 Å². The van der Waals surface area contributed by atoms with Gasteiger partial charge in [-0.1, -0.05) is 19.8 Å². The number of nitrogens with one attached hydrogen (secondary N) is 1. The fourth-order valence-electron chi connectivity index (χ4n) is 2.42. The minimum absolute atomic E-state index is 0.684. The Morgan fingerprint density at radius 3 is 2.88 bits per heavy atom. The fourth-order valence-corrected chi connectivity index (χ4v) is 2.42. The van der Waals surface area contributed by atoms with Crippen molar-refractivity contribution in [2.75, 3.05) is 11.9 Å². The molecule has 2 rings (SSSR count). The number of hydrogen-bond acceptors (Lipinski definition) is 3. The average molecular weight is 229 g/mol. The summed E-state index contributed by atoms with van der Waals surface area (Å²) in [6.45, 7) is 3.30. The first-order valence-corrected chi connectivity index (χ1v) is 6.37. The van der Waals surface area contributed by atoms with Gasteiger partial charge in [0.25, 0.3) is 0 Å². The lowest BCUT2D eigenvalue weighted by Crippen LogP contribution is -2.20. The van der Waals surface area contributed by atoms with Gasteiger partial charge >= 0.3 is 0 Å². The largest absolute Gasteiger partial charge is 0.382 e. The summed E-state index contributed by atoms with van der Waals surface area (Å²) in [4.78, 5) is 4.06. The van der Waals surface area contributed by atoms with Crippen LogP contribution in [-0.4, -0.2) is 11.5 Å². The lowest BCUT2D eigenvalue weighted by Gasteiger charge is -2.26. The van der Waals surface area contributed by atoms with Crippen molar-refractivity contribution in [1.29, 1.82) is 5.26 Å². The summed E-state index contributed by atoms with van der Waals surface area (Å²) in [6.07, 6.45) is 8.68. The zero-order valence-electron chi connectivity index (χ0n) is 10.3. The molecule has 90 valence electrons. The third kappa shape index (κ3) is 3.20. The van der Waals surface area contributed by atoms with Crippen LogP contribution in [0.1, 0.15) is 38.2 Å². The van der Waals surface area contributed by atoms with Gasteiger partial charge in [0.2, 0.25) is 0 Å². The standard InChI is InChI=1S/C14H19N3/c1-11-2-4-12(5-3-11)9-17-14-10-16-7-6-13(14)8-15/h6-7,10-12,17H,2-5,9H2,1H3. The van der Waals surface area contributed by atoms with Crippen molar-refractivity contribution in [2.24, 2.45) is 11.8 Å². The van der Waals surface area contributed by atoms with Crippen molar-refractivity contribution >= 4 is 5.69 Å². The van der Waals surface area contributed by atoms with E-state index in [0.717, 1.165) is 24.1 Å². The van der Waals surface area contributed by atoms with Crippen molar-refractivity contribution in [3.8, 4) is 6.07 Å². The Morgan fingerprint density at radius 1 is 1.41 bits per heavy atom. The van der Waals surface area contributed by atoms with Gasteiger partial charge in [-0.2, -0.15) is 5.26 Å². The Labute approximate surface area is 103 Å². The second kappa shape index (κ2) is 5.67. The van der Waals surface area contributed by atoms with Crippen LogP contribution < -0.4 is 5.32 Å². The van der Waals surface area contributed by atoms with Crippen LogP contribution in [0.25, 0.3) is 0 Å². The summed E-state index contributed by atoms with van der Waals surface area (Å²) < 4.78 is 0. The van der Waals surface area contributed by atoms with Crippen molar-refractivity contribution in [1.82, 2.24) is 4.98 Å². The van der Waals surface area contributed by atoms with Crippen LogP contribution >= 0.6 is 0 Å². The van der Waals surface area contributed by atoms with Gasteiger partial charge in [0, 0.05) is 12.7 Å². The first kappa shape index (κ1) is 11.9. The Morgan fingerprint density at radius 2 is 2.18 bits per heavy atom. The van der Waals surface area contributed by atoms with E-state index in [1.165, 1.54) is 25.7 Å². The maximum absolute atomic E-state index is 8.97. The molecular weight excluding hydrogens is 210 g/mol. The zero-order valence-corrected chi connectivity index (χ0v) is 10.3. The molecule has 1 N–H and O–H groups in total. The number of anilines is 1. The molecule has 1 aromatic rings. The summed E-state index contributed by atoms with van der Waals surface area (Å²) >= 11 is 0. The van der Waals surface area contributed by atoms with Gasteiger partial charge < -0.3 is 5.32 Å². The Balaban J connectivity index is 1.88. The molecular formula is C14H19N3. The smallest absolute Gasteiger partial charge is 0.101 e. The van der Waals surface area contributed by atoms with Crippen LogP contribution in [0.3, 0.4) is 0 Å². The zero-order chi connectivity index (χ0) is 12.1. The maximum atomic E-state index is 8.97. The van der Waals surface area contributed by atoms with E-state index in [9.17, 15) is 0 Å².